The van der Waals surface area contributed by atoms with E-state index in [9.17, 15) is 0 Å². The van der Waals surface area contributed by atoms with Gasteiger partial charge in [-0.05, 0) is 41.0 Å². The van der Waals surface area contributed by atoms with Gasteiger partial charge in [0.2, 0.25) is 0 Å². The highest BCUT2D eigenvalue weighted by Crippen LogP contribution is 2.15. The summed E-state index contributed by atoms with van der Waals surface area (Å²) in [6.45, 7) is 2.67. The van der Waals surface area contributed by atoms with Gasteiger partial charge in [0.15, 0.2) is 0 Å². The van der Waals surface area contributed by atoms with Gasteiger partial charge in [-0.2, -0.15) is 0 Å². The lowest BCUT2D eigenvalue weighted by Crippen LogP contribution is -2.05. The van der Waals surface area contributed by atoms with Crippen molar-refractivity contribution in [1.29, 1.82) is 0 Å². The van der Waals surface area contributed by atoms with Crippen molar-refractivity contribution in [2.24, 2.45) is 5.73 Å². The summed E-state index contributed by atoms with van der Waals surface area (Å²) < 4.78 is 1.06. The maximum atomic E-state index is 5.41. The first-order valence-electron chi connectivity index (χ1n) is 3.55. The SMILES string of the molecule is Cc1cnc(CCN)c(Br)c1. The summed E-state index contributed by atoms with van der Waals surface area (Å²) in [6, 6.07) is 2.05. The highest BCUT2D eigenvalue weighted by Gasteiger charge is 1.98. The van der Waals surface area contributed by atoms with E-state index in [0.29, 0.717) is 6.54 Å². The van der Waals surface area contributed by atoms with E-state index in [1.165, 1.54) is 0 Å². The Labute approximate surface area is 75.0 Å². The second kappa shape index (κ2) is 3.83. The van der Waals surface area contributed by atoms with Gasteiger partial charge in [-0.15, -0.1) is 0 Å². The molecule has 0 saturated carbocycles. The number of hydrogen-bond donors (Lipinski definition) is 1. The molecule has 1 rings (SSSR count). The molecule has 0 bridgehead atoms. The molecule has 0 saturated heterocycles. The van der Waals surface area contributed by atoms with E-state index in [1.807, 2.05) is 13.1 Å². The molecule has 0 aromatic carbocycles. The second-order valence-electron chi connectivity index (χ2n) is 2.48. The van der Waals surface area contributed by atoms with E-state index in [4.69, 9.17) is 5.73 Å². The molecule has 2 nitrogen and oxygen atoms in total. The van der Waals surface area contributed by atoms with Gasteiger partial charge in [-0.3, -0.25) is 4.98 Å². The zero-order valence-corrected chi connectivity index (χ0v) is 8.06. The Morgan fingerprint density at radius 2 is 2.36 bits per heavy atom. The lowest BCUT2D eigenvalue weighted by Gasteiger charge is -2.01. The summed E-state index contributed by atoms with van der Waals surface area (Å²) in [4.78, 5) is 4.24. The van der Waals surface area contributed by atoms with Crippen molar-refractivity contribution in [3.8, 4) is 0 Å². The van der Waals surface area contributed by atoms with Gasteiger partial charge in [0.05, 0.1) is 5.69 Å². The molecule has 0 aliphatic rings. The Balaban J connectivity index is 2.90. The second-order valence-corrected chi connectivity index (χ2v) is 3.33. The highest BCUT2D eigenvalue weighted by molar-refractivity contribution is 9.10. The summed E-state index contributed by atoms with van der Waals surface area (Å²) in [6.07, 6.45) is 2.69. The van der Waals surface area contributed by atoms with Crippen molar-refractivity contribution in [3.05, 3.63) is 28.0 Å². The molecule has 0 amide bonds. The van der Waals surface area contributed by atoms with Gasteiger partial charge in [0.25, 0.3) is 0 Å². The number of aryl methyl sites for hydroxylation is 1. The Morgan fingerprint density at radius 1 is 1.64 bits per heavy atom. The lowest BCUT2D eigenvalue weighted by molar-refractivity contribution is 0.913. The third-order valence-electron chi connectivity index (χ3n) is 1.44. The topological polar surface area (TPSA) is 38.9 Å². The first kappa shape index (κ1) is 8.68. The van der Waals surface area contributed by atoms with Crippen LogP contribution in [0, 0.1) is 6.92 Å². The highest BCUT2D eigenvalue weighted by atomic mass is 79.9. The largest absolute Gasteiger partial charge is 0.330 e. The van der Waals surface area contributed by atoms with Gasteiger partial charge in [0.1, 0.15) is 0 Å². The number of nitrogens with zero attached hydrogens (tertiary/aromatic N) is 1. The maximum Gasteiger partial charge on any atom is 0.0558 e. The maximum absolute atomic E-state index is 5.41. The Kier molecular flexibility index (Phi) is 3.02. The summed E-state index contributed by atoms with van der Waals surface area (Å²) in [5.41, 5.74) is 7.61. The summed E-state index contributed by atoms with van der Waals surface area (Å²) in [7, 11) is 0. The number of pyridine rings is 1. The molecule has 0 fully saturated rings. The first-order chi connectivity index (χ1) is 5.24. The third-order valence-corrected chi connectivity index (χ3v) is 2.12. The zero-order chi connectivity index (χ0) is 8.27. The molecular weight excluding hydrogens is 204 g/mol. The molecule has 60 valence electrons. The van der Waals surface area contributed by atoms with E-state index >= 15 is 0 Å². The van der Waals surface area contributed by atoms with Crippen LogP contribution in [0.2, 0.25) is 0 Å². The smallest absolute Gasteiger partial charge is 0.0558 e. The minimum absolute atomic E-state index is 0.647. The average molecular weight is 215 g/mol. The molecule has 1 aromatic rings. The fraction of sp³-hybridized carbons (Fsp3) is 0.375. The Hall–Kier alpha value is -0.410. The van der Waals surface area contributed by atoms with Crippen molar-refractivity contribution in [3.63, 3.8) is 0 Å². The van der Waals surface area contributed by atoms with E-state index < -0.39 is 0 Å². The van der Waals surface area contributed by atoms with Crippen LogP contribution in [0.25, 0.3) is 0 Å². The average Bonchev–Trinajstić information content (AvgIpc) is 1.95. The Bertz CT molecular complexity index is 248. The lowest BCUT2D eigenvalue weighted by atomic mass is 10.2. The molecule has 1 aromatic heterocycles. The van der Waals surface area contributed by atoms with Crippen molar-refractivity contribution in [2.75, 3.05) is 6.54 Å². The van der Waals surface area contributed by atoms with Crippen LogP contribution in [0.3, 0.4) is 0 Å². The molecule has 0 atom stereocenters. The third kappa shape index (κ3) is 2.27. The number of aromatic nitrogens is 1. The zero-order valence-electron chi connectivity index (χ0n) is 6.47. The van der Waals surface area contributed by atoms with Gasteiger partial charge < -0.3 is 5.73 Å². The molecule has 0 spiro atoms. The summed E-state index contributed by atoms with van der Waals surface area (Å²) >= 11 is 3.43. The van der Waals surface area contributed by atoms with Crippen molar-refractivity contribution in [2.45, 2.75) is 13.3 Å². The van der Waals surface area contributed by atoms with Gasteiger partial charge in [-0.1, -0.05) is 0 Å². The summed E-state index contributed by atoms with van der Waals surface area (Å²) in [5.74, 6) is 0. The fourth-order valence-electron chi connectivity index (χ4n) is 0.883. The minimum Gasteiger partial charge on any atom is -0.330 e. The van der Waals surface area contributed by atoms with Crippen LogP contribution in [-0.4, -0.2) is 11.5 Å². The number of rotatable bonds is 2. The van der Waals surface area contributed by atoms with Gasteiger partial charge in [0, 0.05) is 17.1 Å². The molecule has 0 unspecified atom stereocenters. The van der Waals surface area contributed by atoms with Crippen LogP contribution in [0.4, 0.5) is 0 Å². The molecule has 0 aliphatic carbocycles. The minimum atomic E-state index is 0.647. The molecule has 1 heterocycles. The molecular formula is C8H11BrN2. The van der Waals surface area contributed by atoms with Crippen LogP contribution in [0.5, 0.6) is 0 Å². The van der Waals surface area contributed by atoms with Crippen LogP contribution in [-0.2, 0) is 6.42 Å². The van der Waals surface area contributed by atoms with E-state index in [0.717, 1.165) is 22.2 Å². The number of hydrogen-bond acceptors (Lipinski definition) is 2. The first-order valence-corrected chi connectivity index (χ1v) is 4.34. The molecule has 0 aliphatic heterocycles. The normalized spacial score (nSPS) is 10.1. The quantitative estimate of drug-likeness (QED) is 0.814. The van der Waals surface area contributed by atoms with Crippen LogP contribution < -0.4 is 5.73 Å². The van der Waals surface area contributed by atoms with E-state index in [2.05, 4.69) is 27.0 Å². The monoisotopic (exact) mass is 214 g/mol. The standard InChI is InChI=1S/C8H11BrN2/c1-6-4-7(9)8(2-3-10)11-5-6/h4-5H,2-3,10H2,1H3. The van der Waals surface area contributed by atoms with Gasteiger partial charge in [-0.25, -0.2) is 0 Å². The predicted molar refractivity (Wildman–Crippen MR) is 49.4 cm³/mol. The van der Waals surface area contributed by atoms with Crippen LogP contribution in [0.1, 0.15) is 11.3 Å². The molecule has 0 radical (unpaired) electrons. The van der Waals surface area contributed by atoms with E-state index in [-0.39, 0.29) is 0 Å². The number of nitrogens with two attached hydrogens (primary N) is 1. The molecule has 11 heavy (non-hydrogen) atoms. The molecule has 3 heteroatoms. The fourth-order valence-corrected chi connectivity index (χ4v) is 1.54. The molecule has 2 N–H and O–H groups in total. The number of halogens is 1. The Morgan fingerprint density at radius 3 is 2.91 bits per heavy atom. The summed E-state index contributed by atoms with van der Waals surface area (Å²) in [5, 5.41) is 0. The van der Waals surface area contributed by atoms with Crippen LogP contribution >= 0.6 is 15.9 Å². The van der Waals surface area contributed by atoms with Crippen molar-refractivity contribution >= 4 is 15.9 Å². The van der Waals surface area contributed by atoms with E-state index in [1.54, 1.807) is 0 Å². The predicted octanol–water partition coefficient (Wildman–Crippen LogP) is 1.65. The van der Waals surface area contributed by atoms with Gasteiger partial charge >= 0.3 is 0 Å². The van der Waals surface area contributed by atoms with Crippen molar-refractivity contribution in [1.82, 2.24) is 4.98 Å². The van der Waals surface area contributed by atoms with Crippen molar-refractivity contribution < 1.29 is 0 Å². The van der Waals surface area contributed by atoms with Crippen LogP contribution in [0.15, 0.2) is 16.7 Å².